The molecule has 0 aliphatic carbocycles. The molecule has 0 radical (unpaired) electrons. The van der Waals surface area contributed by atoms with Crippen LogP contribution in [0.3, 0.4) is 0 Å². The predicted molar refractivity (Wildman–Crippen MR) is 131 cm³/mol. The predicted octanol–water partition coefficient (Wildman–Crippen LogP) is 5.54. The number of amides is 1. The van der Waals surface area contributed by atoms with Gasteiger partial charge < -0.3 is 5.32 Å². The maximum Gasteiger partial charge on any atom is 0.237 e. The van der Waals surface area contributed by atoms with Gasteiger partial charge in [-0.3, -0.25) is 9.36 Å². The number of carbonyl (C=O) groups is 1. The van der Waals surface area contributed by atoms with Gasteiger partial charge in [0.1, 0.15) is 6.07 Å². The molecule has 3 aromatic carbocycles. The highest BCUT2D eigenvalue weighted by Crippen LogP contribution is 2.31. The van der Waals surface area contributed by atoms with E-state index in [0.717, 1.165) is 22.4 Å². The minimum atomic E-state index is -0.462. The second kappa shape index (κ2) is 9.72. The number of hydrogen-bond donors (Lipinski definition) is 1. The van der Waals surface area contributed by atoms with Gasteiger partial charge in [0.2, 0.25) is 5.91 Å². The normalized spacial score (nSPS) is 11.6. The number of anilines is 1. The number of hydrogen-bond acceptors (Lipinski definition) is 5. The van der Waals surface area contributed by atoms with Gasteiger partial charge in [0, 0.05) is 11.3 Å². The minimum Gasteiger partial charge on any atom is -0.324 e. The number of nitriles is 1. The van der Waals surface area contributed by atoms with E-state index >= 15 is 0 Å². The number of carbonyl (C=O) groups excluding carboxylic acids is 1. The number of thioether (sulfide) groups is 1. The number of benzene rings is 3. The third-order valence-corrected chi connectivity index (χ3v) is 6.23. The van der Waals surface area contributed by atoms with Crippen molar-refractivity contribution in [1.29, 1.82) is 5.26 Å². The lowest BCUT2D eigenvalue weighted by atomic mass is 10.1. The molecule has 1 N–H and O–H groups in total. The van der Waals surface area contributed by atoms with E-state index in [1.54, 1.807) is 24.3 Å². The summed E-state index contributed by atoms with van der Waals surface area (Å²) < 4.78 is 1.97. The monoisotopic (exact) mass is 453 g/mol. The van der Waals surface area contributed by atoms with Gasteiger partial charge >= 0.3 is 0 Å². The Kier molecular flexibility index (Phi) is 6.57. The van der Waals surface area contributed by atoms with Crippen molar-refractivity contribution >= 4 is 23.4 Å². The van der Waals surface area contributed by atoms with Crippen LogP contribution in [0.1, 0.15) is 23.6 Å². The van der Waals surface area contributed by atoms with Crippen molar-refractivity contribution in [3.8, 4) is 23.1 Å². The Morgan fingerprint density at radius 3 is 2.27 bits per heavy atom. The Labute approximate surface area is 197 Å². The average molecular weight is 454 g/mol. The molecule has 1 aromatic heterocycles. The van der Waals surface area contributed by atoms with Crippen LogP contribution in [0.25, 0.3) is 17.1 Å². The number of nitrogens with one attached hydrogen (secondary N) is 1. The first-order valence-electron chi connectivity index (χ1n) is 10.5. The minimum absolute atomic E-state index is 0.210. The fraction of sp³-hybridized carbons (Fsp3) is 0.154. The molecular formula is C26H23N5OS. The summed E-state index contributed by atoms with van der Waals surface area (Å²) in [5.74, 6) is 0.502. The quantitative estimate of drug-likeness (QED) is 0.387. The molecule has 6 nitrogen and oxygen atoms in total. The Bertz CT molecular complexity index is 1320. The molecule has 4 rings (SSSR count). The summed E-state index contributed by atoms with van der Waals surface area (Å²) in [6, 6.07) is 25.3. The number of aromatic nitrogens is 3. The van der Waals surface area contributed by atoms with Gasteiger partial charge in [-0.05, 0) is 45.0 Å². The van der Waals surface area contributed by atoms with Crippen LogP contribution in [0.5, 0.6) is 0 Å². The van der Waals surface area contributed by atoms with Gasteiger partial charge in [0.05, 0.1) is 16.5 Å². The zero-order valence-corrected chi connectivity index (χ0v) is 19.4. The Balaban J connectivity index is 1.65. The van der Waals surface area contributed by atoms with Crippen molar-refractivity contribution in [2.24, 2.45) is 0 Å². The lowest BCUT2D eigenvalue weighted by molar-refractivity contribution is -0.115. The molecule has 4 aromatic rings. The van der Waals surface area contributed by atoms with E-state index in [0.29, 0.717) is 22.2 Å². The van der Waals surface area contributed by atoms with Crippen LogP contribution in [0.15, 0.2) is 78.0 Å². The smallest absolute Gasteiger partial charge is 0.237 e. The van der Waals surface area contributed by atoms with Crippen LogP contribution in [-0.4, -0.2) is 25.9 Å². The van der Waals surface area contributed by atoms with Gasteiger partial charge in [-0.1, -0.05) is 71.4 Å². The molecule has 0 aliphatic rings. The molecular weight excluding hydrogens is 430 g/mol. The summed E-state index contributed by atoms with van der Waals surface area (Å²) in [7, 11) is 0. The van der Waals surface area contributed by atoms with Crippen LogP contribution in [0.4, 0.5) is 5.69 Å². The maximum atomic E-state index is 12.9. The first-order chi connectivity index (χ1) is 16.0. The standard InChI is InChI=1S/C26H23N5OS/c1-17-8-12-20(13-9-17)24-29-30-26(31(24)22-14-10-18(2)11-15-22)33-19(3)25(32)28-23-7-5-4-6-21(23)16-27/h4-15,19H,1-3H3,(H,28,32). The maximum absolute atomic E-state index is 12.9. The van der Waals surface area contributed by atoms with Crippen LogP contribution in [0, 0.1) is 25.2 Å². The second-order valence-electron chi connectivity index (χ2n) is 7.75. The van der Waals surface area contributed by atoms with E-state index < -0.39 is 5.25 Å². The molecule has 33 heavy (non-hydrogen) atoms. The highest BCUT2D eigenvalue weighted by molar-refractivity contribution is 8.00. The lowest BCUT2D eigenvalue weighted by Gasteiger charge is -2.14. The molecule has 0 spiro atoms. The Morgan fingerprint density at radius 2 is 1.61 bits per heavy atom. The molecule has 0 fully saturated rings. The molecule has 1 amide bonds. The Hall–Kier alpha value is -3.89. The molecule has 1 unspecified atom stereocenters. The second-order valence-corrected chi connectivity index (χ2v) is 9.06. The molecule has 7 heteroatoms. The van der Waals surface area contributed by atoms with Gasteiger partial charge in [0.25, 0.3) is 0 Å². The van der Waals surface area contributed by atoms with Gasteiger partial charge in [0.15, 0.2) is 11.0 Å². The van der Waals surface area contributed by atoms with E-state index in [-0.39, 0.29) is 5.91 Å². The fourth-order valence-corrected chi connectivity index (χ4v) is 4.17. The van der Waals surface area contributed by atoms with Crippen molar-refractivity contribution in [2.45, 2.75) is 31.2 Å². The molecule has 0 saturated heterocycles. The fourth-order valence-electron chi connectivity index (χ4n) is 3.30. The van der Waals surface area contributed by atoms with Gasteiger partial charge in [-0.2, -0.15) is 5.26 Å². The summed E-state index contributed by atoms with van der Waals surface area (Å²) >= 11 is 1.32. The summed E-state index contributed by atoms with van der Waals surface area (Å²) in [6.07, 6.45) is 0. The SMILES string of the molecule is Cc1ccc(-c2nnc(SC(C)C(=O)Nc3ccccc3C#N)n2-c2ccc(C)cc2)cc1. The molecule has 164 valence electrons. The van der Waals surface area contributed by atoms with Gasteiger partial charge in [-0.15, -0.1) is 10.2 Å². The highest BCUT2D eigenvalue weighted by Gasteiger charge is 2.22. The van der Waals surface area contributed by atoms with Crippen molar-refractivity contribution in [2.75, 3.05) is 5.32 Å². The van der Waals surface area contributed by atoms with Crippen molar-refractivity contribution in [1.82, 2.24) is 14.8 Å². The van der Waals surface area contributed by atoms with E-state index in [1.165, 1.54) is 11.8 Å². The third kappa shape index (κ3) is 4.97. The highest BCUT2D eigenvalue weighted by atomic mass is 32.2. The number of rotatable bonds is 6. The van der Waals surface area contributed by atoms with Crippen LogP contribution in [0.2, 0.25) is 0 Å². The largest absolute Gasteiger partial charge is 0.324 e. The molecule has 0 bridgehead atoms. The van der Waals surface area contributed by atoms with Gasteiger partial charge in [-0.25, -0.2) is 0 Å². The van der Waals surface area contributed by atoms with Crippen molar-refractivity contribution in [3.63, 3.8) is 0 Å². The van der Waals surface area contributed by atoms with Crippen LogP contribution in [-0.2, 0) is 4.79 Å². The number of nitrogens with zero attached hydrogens (tertiary/aromatic N) is 4. The molecule has 1 heterocycles. The first kappa shape index (κ1) is 22.3. The molecule has 1 atom stereocenters. The third-order valence-electron chi connectivity index (χ3n) is 5.19. The van der Waals surface area contributed by atoms with E-state index in [2.05, 4.69) is 21.6 Å². The first-order valence-corrected chi connectivity index (χ1v) is 11.4. The zero-order valence-electron chi connectivity index (χ0n) is 18.6. The van der Waals surface area contributed by atoms with E-state index in [9.17, 15) is 10.1 Å². The average Bonchev–Trinajstić information content (AvgIpc) is 3.23. The number of para-hydroxylation sites is 1. The van der Waals surface area contributed by atoms with E-state index in [1.807, 2.05) is 73.9 Å². The summed E-state index contributed by atoms with van der Waals surface area (Å²) in [4.78, 5) is 12.9. The summed E-state index contributed by atoms with van der Waals surface area (Å²) in [5.41, 5.74) is 5.11. The Morgan fingerprint density at radius 1 is 0.970 bits per heavy atom. The van der Waals surface area contributed by atoms with E-state index in [4.69, 9.17) is 0 Å². The van der Waals surface area contributed by atoms with Crippen LogP contribution < -0.4 is 5.32 Å². The number of aryl methyl sites for hydroxylation is 2. The topological polar surface area (TPSA) is 83.6 Å². The zero-order chi connectivity index (χ0) is 23.4. The lowest BCUT2D eigenvalue weighted by Crippen LogP contribution is -2.23. The van der Waals surface area contributed by atoms with Crippen molar-refractivity contribution < 1.29 is 4.79 Å². The summed E-state index contributed by atoms with van der Waals surface area (Å²) in [5, 5.41) is 21.2. The summed E-state index contributed by atoms with van der Waals surface area (Å²) in [6.45, 7) is 5.90. The van der Waals surface area contributed by atoms with Crippen LogP contribution >= 0.6 is 11.8 Å². The molecule has 0 saturated carbocycles. The van der Waals surface area contributed by atoms with Crippen molar-refractivity contribution in [3.05, 3.63) is 89.5 Å². The molecule has 0 aliphatic heterocycles.